The maximum atomic E-state index is 14.6. The Bertz CT molecular complexity index is 1270. The molecule has 3 amide bonds. The third kappa shape index (κ3) is 3.79. The standard InChI is InChI=1S/C20H14F5N5O2/c1-8-14(18(31)28-10-2-5-13-9(6-10)7-26-30-13)17(29-19(32)27-8)11-3-4-12(20(23,24)25)16(22)15(11)21/h2-7,14,17H,1H3,(H,26,30)(H,28,31)(H,29,32). The summed E-state index contributed by atoms with van der Waals surface area (Å²) in [6.45, 7) is 1.34. The normalized spacial score (nSPS) is 18.9. The number of rotatable bonds is 3. The summed E-state index contributed by atoms with van der Waals surface area (Å²) in [7, 11) is 0. The number of aromatic nitrogens is 2. The highest BCUT2D eigenvalue weighted by Crippen LogP contribution is 2.37. The van der Waals surface area contributed by atoms with Crippen LogP contribution in [0.3, 0.4) is 0 Å². The zero-order valence-corrected chi connectivity index (χ0v) is 16.2. The van der Waals surface area contributed by atoms with Gasteiger partial charge in [-0.2, -0.15) is 18.3 Å². The number of nitrogens with one attached hydrogen (secondary N) is 3. The van der Waals surface area contributed by atoms with E-state index < -0.39 is 52.8 Å². The maximum Gasteiger partial charge on any atom is 0.419 e. The fourth-order valence-corrected chi connectivity index (χ4v) is 3.58. The SMILES string of the molecule is CC1=NC(=O)NC(c2ccc(C(F)(F)F)c(F)c2F)C1C(=O)Nc1ccc2[nH]ncc2c1. The lowest BCUT2D eigenvalue weighted by Gasteiger charge is -2.30. The number of hydrogen-bond donors (Lipinski definition) is 3. The van der Waals surface area contributed by atoms with E-state index in [1.807, 2.05) is 0 Å². The van der Waals surface area contributed by atoms with Gasteiger partial charge in [-0.15, -0.1) is 0 Å². The summed E-state index contributed by atoms with van der Waals surface area (Å²) in [5.41, 5.74) is -1.35. The Morgan fingerprint density at radius 2 is 1.88 bits per heavy atom. The van der Waals surface area contributed by atoms with Gasteiger partial charge in [0.15, 0.2) is 11.6 Å². The predicted molar refractivity (Wildman–Crippen MR) is 104 cm³/mol. The molecule has 0 radical (unpaired) electrons. The first-order valence-electron chi connectivity index (χ1n) is 9.21. The minimum absolute atomic E-state index is 0.0136. The van der Waals surface area contributed by atoms with Crippen molar-refractivity contribution in [2.45, 2.75) is 19.1 Å². The Kier molecular flexibility index (Phi) is 5.15. The average Bonchev–Trinajstić information content (AvgIpc) is 3.16. The number of aromatic amines is 1. The van der Waals surface area contributed by atoms with E-state index in [0.29, 0.717) is 28.7 Å². The van der Waals surface area contributed by atoms with Crippen LogP contribution in [-0.4, -0.2) is 27.8 Å². The van der Waals surface area contributed by atoms with E-state index in [1.54, 1.807) is 18.2 Å². The van der Waals surface area contributed by atoms with Gasteiger partial charge in [0.25, 0.3) is 0 Å². The molecule has 166 valence electrons. The van der Waals surface area contributed by atoms with Gasteiger partial charge in [0.1, 0.15) is 5.92 Å². The highest BCUT2D eigenvalue weighted by molar-refractivity contribution is 6.13. The van der Waals surface area contributed by atoms with Gasteiger partial charge in [0.05, 0.1) is 23.3 Å². The highest BCUT2D eigenvalue weighted by Gasteiger charge is 2.41. The minimum atomic E-state index is -5.11. The molecule has 1 aliphatic heterocycles. The van der Waals surface area contributed by atoms with Crippen LogP contribution in [0.15, 0.2) is 41.5 Å². The molecular weight excluding hydrogens is 437 g/mol. The van der Waals surface area contributed by atoms with E-state index in [4.69, 9.17) is 0 Å². The Labute approximate surface area is 176 Å². The first-order valence-corrected chi connectivity index (χ1v) is 9.21. The largest absolute Gasteiger partial charge is 0.419 e. The van der Waals surface area contributed by atoms with E-state index in [9.17, 15) is 31.5 Å². The second-order valence-electron chi connectivity index (χ2n) is 7.15. The van der Waals surface area contributed by atoms with Crippen molar-refractivity contribution < 1.29 is 31.5 Å². The lowest BCUT2D eigenvalue weighted by molar-refractivity contribution is -0.140. The lowest BCUT2D eigenvalue weighted by Crippen LogP contribution is -2.46. The zero-order chi connectivity index (χ0) is 23.2. The molecule has 2 heterocycles. The fraction of sp³-hybridized carbons (Fsp3) is 0.200. The van der Waals surface area contributed by atoms with Crippen molar-refractivity contribution in [3.05, 3.63) is 59.3 Å². The Hall–Kier alpha value is -3.83. The van der Waals surface area contributed by atoms with Gasteiger partial charge in [-0.3, -0.25) is 9.89 Å². The van der Waals surface area contributed by atoms with E-state index in [2.05, 4.69) is 25.8 Å². The quantitative estimate of drug-likeness (QED) is 0.517. The van der Waals surface area contributed by atoms with Crippen molar-refractivity contribution in [1.82, 2.24) is 15.5 Å². The predicted octanol–water partition coefficient (Wildman–Crippen LogP) is 4.34. The molecule has 2 unspecified atom stereocenters. The number of aliphatic imine (C=N–C) groups is 1. The molecule has 0 bridgehead atoms. The van der Waals surface area contributed by atoms with Gasteiger partial charge in [-0.1, -0.05) is 6.07 Å². The third-order valence-corrected chi connectivity index (χ3v) is 5.08. The molecule has 2 atom stereocenters. The summed E-state index contributed by atoms with van der Waals surface area (Å²) in [6.07, 6.45) is -3.58. The van der Waals surface area contributed by atoms with Crippen LogP contribution in [0.4, 0.5) is 32.4 Å². The van der Waals surface area contributed by atoms with Crippen molar-refractivity contribution in [2.75, 3.05) is 5.32 Å². The summed E-state index contributed by atoms with van der Waals surface area (Å²) in [5.74, 6) is -5.95. The number of amides is 3. The number of carbonyl (C=O) groups excluding carboxylic acids is 2. The second kappa shape index (κ2) is 7.70. The van der Waals surface area contributed by atoms with E-state index in [1.165, 1.54) is 13.1 Å². The summed E-state index contributed by atoms with van der Waals surface area (Å²) in [4.78, 5) is 28.5. The summed E-state index contributed by atoms with van der Waals surface area (Å²) in [6, 6.07) is 3.48. The van der Waals surface area contributed by atoms with Crippen LogP contribution in [-0.2, 0) is 11.0 Å². The number of nitrogens with zero attached hydrogens (tertiary/aromatic N) is 2. The maximum absolute atomic E-state index is 14.6. The van der Waals surface area contributed by atoms with Gasteiger partial charge >= 0.3 is 12.2 Å². The molecule has 1 aromatic heterocycles. The van der Waals surface area contributed by atoms with Gasteiger partial charge in [0, 0.05) is 22.3 Å². The molecular formula is C20H14F5N5O2. The minimum Gasteiger partial charge on any atom is -0.328 e. The lowest BCUT2D eigenvalue weighted by atomic mass is 9.86. The van der Waals surface area contributed by atoms with Crippen molar-refractivity contribution in [3.63, 3.8) is 0 Å². The molecule has 3 aromatic rings. The van der Waals surface area contributed by atoms with Crippen LogP contribution >= 0.6 is 0 Å². The number of fused-ring (bicyclic) bond motifs is 1. The monoisotopic (exact) mass is 451 g/mol. The first-order chi connectivity index (χ1) is 15.1. The molecule has 2 aromatic carbocycles. The van der Waals surface area contributed by atoms with Gasteiger partial charge in [-0.05, 0) is 31.2 Å². The molecule has 3 N–H and O–H groups in total. The number of alkyl halides is 3. The summed E-state index contributed by atoms with van der Waals surface area (Å²) in [5, 5.41) is 12.1. The molecule has 0 saturated carbocycles. The molecule has 4 rings (SSSR count). The van der Waals surface area contributed by atoms with Crippen molar-refractivity contribution in [2.24, 2.45) is 10.9 Å². The number of anilines is 1. The smallest absolute Gasteiger partial charge is 0.328 e. The van der Waals surface area contributed by atoms with Crippen LogP contribution in [0.5, 0.6) is 0 Å². The van der Waals surface area contributed by atoms with Crippen molar-refractivity contribution in [1.29, 1.82) is 0 Å². The number of hydrogen-bond acceptors (Lipinski definition) is 3. The van der Waals surface area contributed by atoms with Crippen LogP contribution in [0, 0.1) is 17.6 Å². The Morgan fingerprint density at radius 1 is 1.12 bits per heavy atom. The van der Waals surface area contributed by atoms with Crippen LogP contribution in [0.2, 0.25) is 0 Å². The number of halogens is 5. The number of urea groups is 1. The van der Waals surface area contributed by atoms with Crippen molar-refractivity contribution in [3.8, 4) is 0 Å². The second-order valence-corrected chi connectivity index (χ2v) is 7.15. The molecule has 12 heteroatoms. The molecule has 32 heavy (non-hydrogen) atoms. The number of carbonyl (C=O) groups is 2. The molecule has 0 spiro atoms. The topological polar surface area (TPSA) is 99.2 Å². The summed E-state index contributed by atoms with van der Waals surface area (Å²) < 4.78 is 67.5. The number of H-pyrrole nitrogens is 1. The van der Waals surface area contributed by atoms with Gasteiger partial charge in [0.2, 0.25) is 5.91 Å². The van der Waals surface area contributed by atoms with E-state index >= 15 is 0 Å². The van der Waals surface area contributed by atoms with E-state index in [0.717, 1.165) is 0 Å². The number of benzene rings is 2. The van der Waals surface area contributed by atoms with Gasteiger partial charge in [-0.25, -0.2) is 18.6 Å². The first kappa shape index (κ1) is 21.4. The van der Waals surface area contributed by atoms with E-state index in [-0.39, 0.29) is 5.71 Å². The Morgan fingerprint density at radius 3 is 2.59 bits per heavy atom. The molecule has 1 aliphatic rings. The van der Waals surface area contributed by atoms with Crippen molar-refractivity contribution >= 4 is 34.2 Å². The zero-order valence-electron chi connectivity index (χ0n) is 16.2. The van der Waals surface area contributed by atoms with Crippen LogP contribution in [0.25, 0.3) is 10.9 Å². The molecule has 0 saturated heterocycles. The van der Waals surface area contributed by atoms with Crippen LogP contribution < -0.4 is 10.6 Å². The molecule has 0 aliphatic carbocycles. The van der Waals surface area contributed by atoms with Gasteiger partial charge < -0.3 is 10.6 Å². The molecule has 0 fully saturated rings. The summed E-state index contributed by atoms with van der Waals surface area (Å²) >= 11 is 0. The van der Waals surface area contributed by atoms with Crippen LogP contribution in [0.1, 0.15) is 24.1 Å². The fourth-order valence-electron chi connectivity index (χ4n) is 3.58. The Balaban J connectivity index is 1.71. The average molecular weight is 451 g/mol. The highest BCUT2D eigenvalue weighted by atomic mass is 19.4. The molecule has 7 nitrogen and oxygen atoms in total. The third-order valence-electron chi connectivity index (χ3n) is 5.08.